The van der Waals surface area contributed by atoms with Gasteiger partial charge in [0.05, 0.1) is 11.3 Å². The van der Waals surface area contributed by atoms with Crippen LogP contribution in [0, 0.1) is 0 Å². The second-order valence-electron chi connectivity index (χ2n) is 10.6. The number of rotatable bonds is 2. The van der Waals surface area contributed by atoms with E-state index in [0.717, 1.165) is 45.8 Å². The quantitative estimate of drug-likeness (QED) is 0.479. The SMILES string of the molecule is O=C(c1cc2cc(Br)ccc2cc1O)N1CC2CCCC(C1)N2C(=O)C1=C2c3ccccc3C(=O)N2CC1. The summed E-state index contributed by atoms with van der Waals surface area (Å²) >= 11 is 3.48. The van der Waals surface area contributed by atoms with E-state index in [1.54, 1.807) is 21.9 Å². The molecule has 0 aromatic heterocycles. The van der Waals surface area contributed by atoms with Gasteiger partial charge in [-0.15, -0.1) is 0 Å². The molecule has 8 heteroatoms. The Morgan fingerprint density at radius 1 is 0.895 bits per heavy atom. The maximum Gasteiger partial charge on any atom is 0.258 e. The van der Waals surface area contributed by atoms with E-state index in [4.69, 9.17) is 0 Å². The van der Waals surface area contributed by atoms with E-state index in [-0.39, 0.29) is 41.1 Å². The molecule has 2 saturated heterocycles. The third-order valence-corrected chi connectivity index (χ3v) is 8.94. The van der Waals surface area contributed by atoms with Gasteiger partial charge < -0.3 is 19.8 Å². The molecule has 2 atom stereocenters. The molecule has 3 aromatic carbocycles. The zero-order chi connectivity index (χ0) is 26.1. The second-order valence-corrected chi connectivity index (χ2v) is 11.5. The molecule has 0 radical (unpaired) electrons. The van der Waals surface area contributed by atoms with Crippen LogP contribution >= 0.6 is 15.9 Å². The van der Waals surface area contributed by atoms with Crippen molar-refractivity contribution in [1.29, 1.82) is 0 Å². The van der Waals surface area contributed by atoms with Gasteiger partial charge >= 0.3 is 0 Å². The molecule has 2 unspecified atom stereocenters. The van der Waals surface area contributed by atoms with E-state index in [1.807, 2.05) is 47.4 Å². The third-order valence-electron chi connectivity index (χ3n) is 8.45. The molecule has 7 nitrogen and oxygen atoms in total. The lowest BCUT2D eigenvalue weighted by atomic mass is 9.89. The van der Waals surface area contributed by atoms with Crippen molar-refractivity contribution < 1.29 is 19.5 Å². The highest BCUT2D eigenvalue weighted by atomic mass is 79.9. The van der Waals surface area contributed by atoms with Gasteiger partial charge in [-0.2, -0.15) is 0 Å². The highest BCUT2D eigenvalue weighted by molar-refractivity contribution is 9.10. The van der Waals surface area contributed by atoms with Crippen molar-refractivity contribution in [3.05, 3.63) is 81.3 Å². The number of halogens is 1. The van der Waals surface area contributed by atoms with Crippen LogP contribution in [-0.2, 0) is 4.79 Å². The monoisotopic (exact) mass is 571 g/mol. The fourth-order valence-corrected chi connectivity index (χ4v) is 7.10. The number of carbonyl (C=O) groups is 3. The number of piperidine rings is 1. The van der Waals surface area contributed by atoms with E-state index >= 15 is 0 Å². The van der Waals surface area contributed by atoms with Gasteiger partial charge in [-0.3, -0.25) is 14.4 Å². The highest BCUT2D eigenvalue weighted by Gasteiger charge is 2.46. The second kappa shape index (κ2) is 8.70. The molecule has 4 heterocycles. The predicted octanol–water partition coefficient (Wildman–Crippen LogP) is 4.78. The molecule has 1 N–H and O–H groups in total. The number of hydrogen-bond donors (Lipinski definition) is 1. The van der Waals surface area contributed by atoms with Crippen molar-refractivity contribution in [3.8, 4) is 5.75 Å². The number of aromatic hydroxyl groups is 1. The van der Waals surface area contributed by atoms with Crippen LogP contribution in [0.3, 0.4) is 0 Å². The zero-order valence-electron chi connectivity index (χ0n) is 20.7. The lowest BCUT2D eigenvalue weighted by Gasteiger charge is -2.50. The van der Waals surface area contributed by atoms with Gasteiger partial charge in [-0.1, -0.05) is 40.2 Å². The molecular weight excluding hydrogens is 546 g/mol. The normalized spacial score (nSPS) is 22.2. The molecule has 192 valence electrons. The van der Waals surface area contributed by atoms with E-state index in [2.05, 4.69) is 15.9 Å². The Kier molecular flexibility index (Phi) is 5.37. The number of piperazine rings is 1. The first-order valence-electron chi connectivity index (χ1n) is 13.1. The van der Waals surface area contributed by atoms with Gasteiger partial charge in [0.2, 0.25) is 0 Å². The van der Waals surface area contributed by atoms with Crippen molar-refractivity contribution in [3.63, 3.8) is 0 Å². The number of phenols is 1. The van der Waals surface area contributed by atoms with Crippen LogP contribution in [-0.4, -0.2) is 69.2 Å². The van der Waals surface area contributed by atoms with Crippen LogP contribution in [0.2, 0.25) is 0 Å². The van der Waals surface area contributed by atoms with Crippen molar-refractivity contribution in [2.45, 2.75) is 37.8 Å². The highest BCUT2D eigenvalue weighted by Crippen LogP contribution is 2.42. The summed E-state index contributed by atoms with van der Waals surface area (Å²) in [7, 11) is 0. The van der Waals surface area contributed by atoms with E-state index in [9.17, 15) is 19.5 Å². The first-order valence-corrected chi connectivity index (χ1v) is 13.9. The largest absolute Gasteiger partial charge is 0.507 e. The molecule has 38 heavy (non-hydrogen) atoms. The van der Waals surface area contributed by atoms with Crippen LogP contribution in [0.4, 0.5) is 0 Å². The molecular formula is C30H26BrN3O4. The molecule has 4 aliphatic rings. The van der Waals surface area contributed by atoms with Gasteiger partial charge in [0.1, 0.15) is 5.75 Å². The van der Waals surface area contributed by atoms with Crippen LogP contribution in [0.1, 0.15) is 52.0 Å². The Morgan fingerprint density at radius 2 is 1.63 bits per heavy atom. The molecule has 0 saturated carbocycles. The van der Waals surface area contributed by atoms with Crippen molar-refractivity contribution in [2.75, 3.05) is 19.6 Å². The predicted molar refractivity (Wildman–Crippen MR) is 147 cm³/mol. The Morgan fingerprint density at radius 3 is 2.39 bits per heavy atom. The standard InChI is InChI=1S/C30H26BrN3O4/c31-19-9-8-17-14-26(35)25(13-18(17)12-19)28(36)32-15-20-4-3-5-21(16-32)34(20)30(38)24-10-11-33-27(24)22-6-1-2-7-23(22)29(33)37/h1-2,6-9,12-14,20-21,35H,3-5,10-11,15-16H2. The van der Waals surface area contributed by atoms with Crippen molar-refractivity contribution in [1.82, 2.24) is 14.7 Å². The van der Waals surface area contributed by atoms with Crippen molar-refractivity contribution in [2.24, 2.45) is 0 Å². The Balaban J connectivity index is 1.18. The summed E-state index contributed by atoms with van der Waals surface area (Å²) in [6.07, 6.45) is 3.21. The van der Waals surface area contributed by atoms with E-state index < -0.39 is 0 Å². The topological polar surface area (TPSA) is 81.2 Å². The van der Waals surface area contributed by atoms with Gasteiger partial charge in [0.15, 0.2) is 0 Å². The average molecular weight is 572 g/mol. The molecule has 2 fully saturated rings. The van der Waals surface area contributed by atoms with Crippen LogP contribution in [0.5, 0.6) is 5.75 Å². The van der Waals surface area contributed by atoms with Gasteiger partial charge in [-0.05, 0) is 66.8 Å². The number of nitrogens with zero attached hydrogens (tertiary/aromatic N) is 3. The summed E-state index contributed by atoms with van der Waals surface area (Å²) in [4.78, 5) is 46.1. The third kappa shape index (κ3) is 3.50. The summed E-state index contributed by atoms with van der Waals surface area (Å²) in [6, 6.07) is 16.4. The number of phenolic OH excluding ortho intramolecular Hbond substituents is 1. The maximum atomic E-state index is 14.0. The van der Waals surface area contributed by atoms with E-state index in [0.29, 0.717) is 37.2 Å². The lowest BCUT2D eigenvalue weighted by Crippen LogP contribution is -2.63. The molecule has 0 spiro atoms. The number of amides is 3. The Bertz CT molecular complexity index is 1570. The average Bonchev–Trinajstić information content (AvgIpc) is 3.47. The molecule has 3 aromatic rings. The number of hydrogen-bond acceptors (Lipinski definition) is 4. The first kappa shape index (κ1) is 23.5. The minimum atomic E-state index is -0.210. The number of fused-ring (bicyclic) bond motifs is 6. The Hall–Kier alpha value is -3.65. The van der Waals surface area contributed by atoms with Crippen molar-refractivity contribution >= 4 is 50.1 Å². The lowest BCUT2D eigenvalue weighted by molar-refractivity contribution is -0.138. The molecule has 7 rings (SSSR count). The fourth-order valence-electron chi connectivity index (χ4n) is 6.72. The first-order chi connectivity index (χ1) is 18.4. The van der Waals surface area contributed by atoms with E-state index in [1.165, 1.54) is 0 Å². The molecule has 0 aliphatic carbocycles. The minimum Gasteiger partial charge on any atom is -0.507 e. The summed E-state index contributed by atoms with van der Waals surface area (Å²) in [6.45, 7) is 1.38. The molecule has 4 aliphatic heterocycles. The van der Waals surface area contributed by atoms with Crippen LogP contribution in [0.15, 0.2) is 64.6 Å². The smallest absolute Gasteiger partial charge is 0.258 e. The minimum absolute atomic E-state index is 0.00722. The summed E-state index contributed by atoms with van der Waals surface area (Å²) in [5, 5.41) is 12.4. The summed E-state index contributed by atoms with van der Waals surface area (Å²) in [5.41, 5.74) is 3.25. The van der Waals surface area contributed by atoms with Crippen LogP contribution < -0.4 is 0 Å². The maximum absolute atomic E-state index is 14.0. The fraction of sp³-hybridized carbons (Fsp3) is 0.300. The number of benzene rings is 3. The number of carbonyl (C=O) groups excluding carboxylic acids is 3. The van der Waals surface area contributed by atoms with Gasteiger partial charge in [0.25, 0.3) is 17.7 Å². The Labute approximate surface area is 228 Å². The van der Waals surface area contributed by atoms with Gasteiger partial charge in [-0.25, -0.2) is 0 Å². The summed E-state index contributed by atoms with van der Waals surface area (Å²) < 4.78 is 0.906. The molecule has 2 bridgehead atoms. The zero-order valence-corrected chi connectivity index (χ0v) is 22.3. The van der Waals surface area contributed by atoms with Crippen LogP contribution in [0.25, 0.3) is 16.5 Å². The number of likely N-dealkylation sites (tertiary alicyclic amines) is 1. The summed E-state index contributed by atoms with van der Waals surface area (Å²) in [5.74, 6) is -0.280. The molecule has 3 amide bonds. The van der Waals surface area contributed by atoms with Gasteiger partial charge in [0, 0.05) is 52.9 Å².